The van der Waals surface area contributed by atoms with Gasteiger partial charge < -0.3 is 19.5 Å². The van der Waals surface area contributed by atoms with Gasteiger partial charge in [0.2, 0.25) is 0 Å². The Morgan fingerprint density at radius 1 is 0.919 bits per heavy atom. The van der Waals surface area contributed by atoms with Crippen LogP contribution < -0.4 is 4.74 Å². The Hall–Kier alpha value is -3.81. The maximum Gasteiger partial charge on any atom is 0.157 e. The second-order valence-corrected chi connectivity index (χ2v) is 10.0. The van der Waals surface area contributed by atoms with Crippen molar-refractivity contribution < 1.29 is 14.9 Å². The van der Waals surface area contributed by atoms with Crippen molar-refractivity contribution in [3.8, 4) is 5.75 Å². The van der Waals surface area contributed by atoms with Crippen LogP contribution in [0.1, 0.15) is 42.8 Å². The van der Waals surface area contributed by atoms with Gasteiger partial charge in [-0.15, -0.1) is 0 Å². The summed E-state index contributed by atoms with van der Waals surface area (Å²) < 4.78 is 8.28. The van der Waals surface area contributed by atoms with Crippen LogP contribution in [0.4, 0.5) is 0 Å². The van der Waals surface area contributed by atoms with E-state index < -0.39 is 11.7 Å². The average Bonchev–Trinajstić information content (AvgIpc) is 3.53. The number of para-hydroxylation sites is 1. The van der Waals surface area contributed by atoms with Crippen LogP contribution in [0.5, 0.6) is 5.75 Å². The van der Waals surface area contributed by atoms with Gasteiger partial charge in [-0.1, -0.05) is 43.2 Å². The van der Waals surface area contributed by atoms with Gasteiger partial charge in [0.25, 0.3) is 0 Å². The van der Waals surface area contributed by atoms with E-state index in [0.29, 0.717) is 19.6 Å². The zero-order valence-electron chi connectivity index (χ0n) is 20.6. The number of benzene rings is 2. The molecule has 5 aromatic rings. The highest BCUT2D eigenvalue weighted by atomic mass is 16.5. The van der Waals surface area contributed by atoms with Crippen LogP contribution in [0.15, 0.2) is 79.1 Å². The van der Waals surface area contributed by atoms with E-state index in [4.69, 9.17) is 14.7 Å². The molecule has 3 aromatic heterocycles. The third kappa shape index (κ3) is 4.80. The van der Waals surface area contributed by atoms with E-state index in [-0.39, 0.29) is 0 Å². The molecule has 7 nitrogen and oxygen atoms in total. The van der Waals surface area contributed by atoms with Crippen molar-refractivity contribution in [3.63, 3.8) is 0 Å². The first-order valence-electron chi connectivity index (χ1n) is 12.8. The molecule has 6 rings (SSSR count). The van der Waals surface area contributed by atoms with Gasteiger partial charge in [0.1, 0.15) is 18.2 Å². The van der Waals surface area contributed by atoms with E-state index >= 15 is 0 Å². The van der Waals surface area contributed by atoms with E-state index in [1.54, 1.807) is 6.20 Å². The van der Waals surface area contributed by atoms with Crippen LogP contribution in [-0.4, -0.2) is 36.0 Å². The summed E-state index contributed by atoms with van der Waals surface area (Å²) >= 11 is 0. The van der Waals surface area contributed by atoms with E-state index in [1.165, 1.54) is 0 Å². The molecule has 2 N–H and O–H groups in total. The molecule has 37 heavy (non-hydrogen) atoms. The van der Waals surface area contributed by atoms with Crippen LogP contribution in [0, 0.1) is 5.41 Å². The Morgan fingerprint density at radius 2 is 1.78 bits per heavy atom. The van der Waals surface area contributed by atoms with Crippen LogP contribution in [0.25, 0.3) is 21.9 Å². The lowest BCUT2D eigenvalue weighted by molar-refractivity contribution is -0.134. The van der Waals surface area contributed by atoms with Crippen molar-refractivity contribution >= 4 is 21.9 Å². The van der Waals surface area contributed by atoms with E-state index in [2.05, 4.69) is 15.6 Å². The highest BCUT2D eigenvalue weighted by Gasteiger charge is 2.41. The molecule has 0 radical (unpaired) electrons. The zero-order valence-corrected chi connectivity index (χ0v) is 20.6. The number of nitrogens with zero attached hydrogens (tertiary/aromatic N) is 4. The molecule has 2 aromatic carbocycles. The number of aliphatic hydroxyl groups excluding tert-OH is 1. The lowest BCUT2D eigenvalue weighted by Crippen LogP contribution is -2.35. The van der Waals surface area contributed by atoms with Crippen molar-refractivity contribution in [2.45, 2.75) is 51.5 Å². The molecule has 0 unspecified atom stereocenters. The Morgan fingerprint density at radius 3 is 2.59 bits per heavy atom. The number of rotatable bonds is 8. The second-order valence-electron chi connectivity index (χ2n) is 10.0. The molecule has 1 aliphatic carbocycles. The Kier molecular flexibility index (Phi) is 6.32. The minimum atomic E-state index is -1.37. The zero-order chi connectivity index (χ0) is 25.2. The van der Waals surface area contributed by atoms with Crippen molar-refractivity contribution in [3.05, 3.63) is 96.2 Å². The summed E-state index contributed by atoms with van der Waals surface area (Å²) in [6.07, 6.45) is 6.34. The first-order chi connectivity index (χ1) is 18.1. The molecular formula is C30H30N4O3. The van der Waals surface area contributed by atoms with E-state index in [9.17, 15) is 10.2 Å². The van der Waals surface area contributed by atoms with Crippen LogP contribution >= 0.6 is 0 Å². The van der Waals surface area contributed by atoms with Gasteiger partial charge in [-0.05, 0) is 48.7 Å². The first-order valence-corrected chi connectivity index (χ1v) is 12.8. The molecule has 0 bridgehead atoms. The maximum atomic E-state index is 10.3. The van der Waals surface area contributed by atoms with Gasteiger partial charge in [0.15, 0.2) is 6.29 Å². The molecule has 0 aliphatic heterocycles. The number of hydrogen-bond donors (Lipinski definition) is 2. The number of ether oxygens (including phenoxy) is 1. The molecular weight excluding hydrogens is 464 g/mol. The standard InChI is InChI=1S/C30H30N4O3/c35-29(36)30(13-3-4-14-30)17-28-33-26-16-24(11-12-27(26)34(28)19-21-6-5-15-31-18-21)37-20-23-10-9-22-7-1-2-8-25(22)32-23/h1-2,5-12,15-16,18,29,35-36H,3-4,13-14,17,19-20H2. The SMILES string of the molecule is OC(O)C1(Cc2nc3cc(OCc4ccc5ccccc5n4)ccc3n2Cc2cccnc2)CCCC1. The van der Waals surface area contributed by atoms with Crippen molar-refractivity contribution in [1.29, 1.82) is 0 Å². The first kappa shape index (κ1) is 23.6. The Balaban J connectivity index is 1.31. The molecule has 0 atom stereocenters. The number of fused-ring (bicyclic) bond motifs is 2. The molecule has 0 amide bonds. The second kappa shape index (κ2) is 9.92. The Labute approximate surface area is 215 Å². The lowest BCUT2D eigenvalue weighted by Gasteiger charge is -2.30. The van der Waals surface area contributed by atoms with Crippen molar-refractivity contribution in [2.75, 3.05) is 0 Å². The largest absolute Gasteiger partial charge is 0.487 e. The fourth-order valence-electron chi connectivity index (χ4n) is 5.50. The quantitative estimate of drug-likeness (QED) is 0.294. The van der Waals surface area contributed by atoms with Crippen LogP contribution in [0.3, 0.4) is 0 Å². The summed E-state index contributed by atoms with van der Waals surface area (Å²) in [7, 11) is 0. The minimum absolute atomic E-state index is 0.361. The minimum Gasteiger partial charge on any atom is -0.487 e. The Bertz CT molecular complexity index is 1520. The highest BCUT2D eigenvalue weighted by molar-refractivity contribution is 5.79. The number of pyridine rings is 2. The number of aliphatic hydroxyl groups is 2. The van der Waals surface area contributed by atoms with Gasteiger partial charge in [0.05, 0.1) is 28.8 Å². The maximum absolute atomic E-state index is 10.3. The highest BCUT2D eigenvalue weighted by Crippen LogP contribution is 2.43. The summed E-state index contributed by atoms with van der Waals surface area (Å²) in [5.41, 5.74) is 4.12. The summed E-state index contributed by atoms with van der Waals surface area (Å²) in [4.78, 5) is 13.9. The summed E-state index contributed by atoms with van der Waals surface area (Å²) in [6, 6.07) is 22.0. The van der Waals surface area contributed by atoms with Crippen molar-refractivity contribution in [2.24, 2.45) is 5.41 Å². The third-order valence-electron chi connectivity index (χ3n) is 7.56. The van der Waals surface area contributed by atoms with Gasteiger partial charge in [-0.2, -0.15) is 0 Å². The molecule has 1 saturated carbocycles. The summed E-state index contributed by atoms with van der Waals surface area (Å²) in [5, 5.41) is 21.7. The molecule has 7 heteroatoms. The molecule has 1 aliphatic rings. The van der Waals surface area contributed by atoms with Gasteiger partial charge >= 0.3 is 0 Å². The molecule has 0 saturated heterocycles. The molecule has 188 valence electrons. The smallest absolute Gasteiger partial charge is 0.157 e. The van der Waals surface area contributed by atoms with Gasteiger partial charge in [-0.25, -0.2) is 9.97 Å². The monoisotopic (exact) mass is 494 g/mol. The van der Waals surface area contributed by atoms with Gasteiger partial charge in [-0.3, -0.25) is 4.98 Å². The molecule has 3 heterocycles. The third-order valence-corrected chi connectivity index (χ3v) is 7.56. The van der Waals surface area contributed by atoms with E-state index in [0.717, 1.165) is 70.5 Å². The lowest BCUT2D eigenvalue weighted by atomic mass is 9.81. The van der Waals surface area contributed by atoms with Crippen LogP contribution in [-0.2, 0) is 19.6 Å². The average molecular weight is 495 g/mol. The number of imidazole rings is 1. The number of hydrogen-bond acceptors (Lipinski definition) is 6. The summed E-state index contributed by atoms with van der Waals surface area (Å²) in [6.45, 7) is 0.970. The van der Waals surface area contributed by atoms with Crippen LogP contribution in [0.2, 0.25) is 0 Å². The molecule has 0 spiro atoms. The van der Waals surface area contributed by atoms with Crippen molar-refractivity contribution in [1.82, 2.24) is 19.5 Å². The molecule has 1 fully saturated rings. The number of aromatic nitrogens is 4. The summed E-state index contributed by atoms with van der Waals surface area (Å²) in [5.74, 6) is 1.57. The van der Waals surface area contributed by atoms with Gasteiger partial charge in [0, 0.05) is 35.7 Å². The fourth-order valence-corrected chi connectivity index (χ4v) is 5.50. The van der Waals surface area contributed by atoms with E-state index in [1.807, 2.05) is 66.9 Å². The topological polar surface area (TPSA) is 93.3 Å². The predicted molar refractivity (Wildman–Crippen MR) is 142 cm³/mol. The fraction of sp³-hybridized carbons (Fsp3) is 0.300. The predicted octanol–water partition coefficient (Wildman–Crippen LogP) is 5.02. The normalized spacial score (nSPS) is 15.1.